The van der Waals surface area contributed by atoms with E-state index in [9.17, 15) is 79.2 Å². The first-order valence-electron chi connectivity index (χ1n) is 20.5. The summed E-state index contributed by atoms with van der Waals surface area (Å²) in [5.41, 5.74) is -1.49. The predicted molar refractivity (Wildman–Crippen MR) is 257 cm³/mol. The third-order valence-electron chi connectivity index (χ3n) is 11.2. The lowest BCUT2D eigenvalue weighted by Gasteiger charge is -2.49. The summed E-state index contributed by atoms with van der Waals surface area (Å²) in [4.78, 5) is 121. The molecule has 6 heterocycles. The quantitative estimate of drug-likeness (QED) is 0.0363. The van der Waals surface area contributed by atoms with Crippen molar-refractivity contribution in [1.29, 1.82) is 0 Å². The van der Waals surface area contributed by atoms with Gasteiger partial charge in [-0.3, -0.25) is 59.3 Å². The lowest BCUT2D eigenvalue weighted by molar-refractivity contribution is -0.394. The number of carboxylic acids is 3. The maximum Gasteiger partial charge on any atom is 0.352 e. The van der Waals surface area contributed by atoms with E-state index in [1.165, 1.54) is 81.4 Å². The van der Waals surface area contributed by atoms with Crippen molar-refractivity contribution in [3.05, 3.63) is 151 Å². The summed E-state index contributed by atoms with van der Waals surface area (Å²) < 4.78 is 0. The highest BCUT2D eigenvalue weighted by atomic mass is 32.2. The Balaban J connectivity index is 0.000000206. The maximum absolute atomic E-state index is 12.8. The number of amides is 2. The van der Waals surface area contributed by atoms with Gasteiger partial charge in [0.1, 0.15) is 28.5 Å². The number of Topliss-reactive ketones (excluding diaryl/α,β-unsaturated/α-hetero) is 2. The Labute approximate surface area is 415 Å². The van der Waals surface area contributed by atoms with Crippen LogP contribution in [0, 0.1) is 42.2 Å². The van der Waals surface area contributed by atoms with E-state index in [-0.39, 0.29) is 71.3 Å². The second kappa shape index (κ2) is 21.7. The fourth-order valence-electron chi connectivity index (χ4n) is 7.93. The summed E-state index contributed by atoms with van der Waals surface area (Å²) in [5, 5.41) is 65.0. The van der Waals surface area contributed by atoms with Crippen molar-refractivity contribution < 1.29 is 63.7 Å². The maximum atomic E-state index is 12.8. The van der Waals surface area contributed by atoms with Crippen LogP contribution in [-0.4, -0.2) is 109 Å². The number of carbonyl (C=O) groups excluding carboxylic acids is 4. The van der Waals surface area contributed by atoms with Crippen LogP contribution in [0.4, 0.5) is 17.1 Å². The van der Waals surface area contributed by atoms with E-state index < -0.39 is 89.7 Å². The number of hydrogen-bond acceptors (Lipinski definition) is 18. The topological polar surface area (TPSA) is 316 Å². The van der Waals surface area contributed by atoms with Crippen LogP contribution < -0.4 is 0 Å². The molecule has 2 aromatic carbocycles. The number of carbonyl (C=O) groups is 7. The van der Waals surface area contributed by atoms with Crippen LogP contribution in [0.2, 0.25) is 0 Å². The Morgan fingerprint density at radius 1 is 0.671 bits per heavy atom. The second-order valence-electron chi connectivity index (χ2n) is 15.6. The number of nitro groups is 3. The molecule has 3 N–H and O–H groups in total. The Morgan fingerprint density at radius 3 is 1.73 bits per heavy atom. The monoisotopic (exact) mass is 1050 g/mol. The molecule has 362 valence electrons. The second-order valence-corrected chi connectivity index (χ2v) is 20.9. The van der Waals surface area contributed by atoms with Crippen LogP contribution in [0.5, 0.6) is 0 Å². The number of carboxylic acid groups (broad SMARTS) is 3. The van der Waals surface area contributed by atoms with Gasteiger partial charge in [0, 0.05) is 69.7 Å². The van der Waals surface area contributed by atoms with Crippen molar-refractivity contribution in [3.63, 3.8) is 0 Å². The van der Waals surface area contributed by atoms with Crippen molar-refractivity contribution in [1.82, 2.24) is 9.80 Å². The molecule has 0 spiro atoms. The number of nitro benzene ring substituents is 3. The molecule has 26 heteroatoms. The standard InChI is InChI=1S/C22H17N3O8S2.C22H18N2O8S3/c26-15(9-16-2-1-7-34-16)10-17-20(27)23-19(22(28)29)13(11-35-21(17)23)4-3-12-5-6-14(24(30)31)8-18(12)25(32)33;25-12(6-13-2-1-5-33-13)7-16-19(26)23-18(22(29)30)11(10-35-20(16)23)9-34-14-3-4-17(24(31)32)15(8-14)21(27)28/h1-8,17,21H,9-11H2,(H,28,29);1-5,8,16,20H,6-7,9-10H2,(H,27,28)(H,29,30)/b4-3+;/t17-,21-;/m1./s1. The van der Waals surface area contributed by atoms with Gasteiger partial charge in [-0.25, -0.2) is 14.4 Å². The Bertz CT molecular complexity index is 2950. The average Bonchev–Trinajstić information content (AvgIpc) is 4.05. The molecular weight excluding hydrogens is 1010 g/mol. The molecule has 2 saturated heterocycles. The molecule has 2 fully saturated rings. The molecule has 0 radical (unpaired) electrons. The Morgan fingerprint density at radius 2 is 1.23 bits per heavy atom. The van der Waals surface area contributed by atoms with Crippen LogP contribution in [-0.2, 0) is 41.6 Å². The zero-order valence-corrected chi connectivity index (χ0v) is 39.9. The number of nitrogens with zero attached hydrogens (tertiary/aromatic N) is 5. The minimum absolute atomic E-state index is 0.0258. The van der Waals surface area contributed by atoms with Gasteiger partial charge in [-0.15, -0.1) is 58.0 Å². The summed E-state index contributed by atoms with van der Waals surface area (Å²) in [5.74, 6) is -5.51. The van der Waals surface area contributed by atoms with Crippen molar-refractivity contribution in [2.75, 3.05) is 17.3 Å². The first-order chi connectivity index (χ1) is 33.3. The molecule has 0 bridgehead atoms. The third-order valence-corrected chi connectivity index (χ3v) is 16.7. The van der Waals surface area contributed by atoms with Crippen molar-refractivity contribution in [2.45, 2.75) is 41.3 Å². The lowest BCUT2D eigenvalue weighted by atomic mass is 9.89. The van der Waals surface area contributed by atoms with E-state index in [2.05, 4.69) is 0 Å². The molecule has 4 aliphatic rings. The zero-order chi connectivity index (χ0) is 50.6. The predicted octanol–water partition coefficient (Wildman–Crippen LogP) is 7.17. The molecule has 2 unspecified atom stereocenters. The molecule has 4 aliphatic heterocycles. The van der Waals surface area contributed by atoms with E-state index in [0.29, 0.717) is 16.2 Å². The molecule has 4 aromatic rings. The largest absolute Gasteiger partial charge is 0.477 e. The first-order valence-corrected chi connectivity index (χ1v) is 25.3. The molecule has 8 rings (SSSR count). The third kappa shape index (κ3) is 11.0. The van der Waals surface area contributed by atoms with E-state index >= 15 is 0 Å². The van der Waals surface area contributed by atoms with Gasteiger partial charge in [-0.05, 0) is 58.3 Å². The summed E-state index contributed by atoms with van der Waals surface area (Å²) >= 11 is 6.75. The number of thioether (sulfide) groups is 3. The van der Waals surface area contributed by atoms with E-state index in [1.807, 2.05) is 35.0 Å². The van der Waals surface area contributed by atoms with Crippen LogP contribution in [0.1, 0.15) is 38.5 Å². The van der Waals surface area contributed by atoms with Crippen molar-refractivity contribution in [3.8, 4) is 0 Å². The molecule has 2 aromatic heterocycles. The SMILES string of the molecule is O=C(Cc1cccs1)CC1C(=O)N2C(C(=O)O)=C(CSc3ccc([N+](=O)[O-])c(C(=O)O)c3)CSC12.O=C(Cc1cccs1)C[C@@H]1C(=O)N2C(C(=O)O)=C(/C=C/c3ccc([N+](=O)[O-])cc3[N+](=O)[O-])CS[C@H]12. The summed E-state index contributed by atoms with van der Waals surface area (Å²) in [6, 6.07) is 14.2. The normalized spacial score (nSPS) is 19.3. The van der Waals surface area contributed by atoms with Crippen LogP contribution >= 0.6 is 58.0 Å². The molecule has 4 atom stereocenters. The van der Waals surface area contributed by atoms with Gasteiger partial charge in [-0.1, -0.05) is 18.2 Å². The number of fused-ring (bicyclic) bond motifs is 2. The molecule has 2 amide bonds. The van der Waals surface area contributed by atoms with Gasteiger partial charge in [-0.2, -0.15) is 0 Å². The van der Waals surface area contributed by atoms with Gasteiger partial charge in [0.25, 0.3) is 17.1 Å². The highest BCUT2D eigenvalue weighted by molar-refractivity contribution is 8.01. The van der Waals surface area contributed by atoms with E-state index in [0.717, 1.165) is 44.6 Å². The molecule has 70 heavy (non-hydrogen) atoms. The number of aromatic carboxylic acids is 1. The van der Waals surface area contributed by atoms with Gasteiger partial charge in [0.05, 0.1) is 49.0 Å². The van der Waals surface area contributed by atoms with Gasteiger partial charge >= 0.3 is 17.9 Å². The molecule has 21 nitrogen and oxygen atoms in total. The van der Waals surface area contributed by atoms with Crippen molar-refractivity contribution in [2.24, 2.45) is 11.8 Å². The van der Waals surface area contributed by atoms with Gasteiger partial charge in [0.15, 0.2) is 0 Å². The number of aliphatic carboxylic acids is 2. The first kappa shape index (κ1) is 50.9. The minimum atomic E-state index is -1.44. The highest BCUT2D eigenvalue weighted by Crippen LogP contribution is 2.47. The number of benzene rings is 2. The van der Waals surface area contributed by atoms with Crippen LogP contribution in [0.25, 0.3) is 6.08 Å². The smallest absolute Gasteiger partial charge is 0.352 e. The highest BCUT2D eigenvalue weighted by Gasteiger charge is 2.55. The van der Waals surface area contributed by atoms with Crippen LogP contribution in [0.15, 0.2) is 105 Å². The number of thiophene rings is 2. The summed E-state index contributed by atoms with van der Waals surface area (Å²) in [6.07, 6.45) is 3.22. The van der Waals surface area contributed by atoms with E-state index in [4.69, 9.17) is 0 Å². The minimum Gasteiger partial charge on any atom is -0.477 e. The lowest BCUT2D eigenvalue weighted by Crippen LogP contribution is -2.62. The fourth-order valence-corrected chi connectivity index (χ4v) is 13.3. The fraction of sp³-hybridized carbons (Fsp3) is 0.250. The summed E-state index contributed by atoms with van der Waals surface area (Å²) in [7, 11) is 0. The van der Waals surface area contributed by atoms with Gasteiger partial charge in [0.2, 0.25) is 11.8 Å². The zero-order valence-electron chi connectivity index (χ0n) is 35.8. The van der Waals surface area contributed by atoms with Gasteiger partial charge < -0.3 is 15.3 Å². The van der Waals surface area contributed by atoms with E-state index in [1.54, 1.807) is 0 Å². The molecule has 0 aliphatic carbocycles. The van der Waals surface area contributed by atoms with Crippen LogP contribution in [0.3, 0.4) is 0 Å². The number of allylic oxidation sites excluding steroid dienone is 1. The number of rotatable bonds is 19. The Kier molecular flexibility index (Phi) is 15.8. The number of ketones is 2. The molecule has 0 saturated carbocycles. The Hall–Kier alpha value is -7.00. The number of β-lactam (4-membered cyclic amide) rings is 2. The average molecular weight is 1050 g/mol. The number of hydrogen-bond donors (Lipinski definition) is 3. The number of non-ortho nitro benzene ring substituents is 1. The van der Waals surface area contributed by atoms with Crippen molar-refractivity contribution >= 4 is 122 Å². The molecular formula is C44H35N5O16S5. The summed E-state index contributed by atoms with van der Waals surface area (Å²) in [6.45, 7) is 0.